The zero-order chi connectivity index (χ0) is 14.4. The Hall–Kier alpha value is -2.36. The number of hydrogen-bond acceptors (Lipinski definition) is 2. The second-order valence-electron chi connectivity index (χ2n) is 5.29. The normalized spacial score (nSPS) is 13.9. The SMILES string of the molecule is C=C1COc2c1ccc1c2c2ncccc2n1CCCF. The van der Waals surface area contributed by atoms with Crippen LogP contribution in [0.2, 0.25) is 0 Å². The third-order valence-electron chi connectivity index (χ3n) is 4.03. The molecule has 0 spiro atoms. The first-order valence-electron chi connectivity index (χ1n) is 7.08. The molecule has 1 aromatic carbocycles. The van der Waals surface area contributed by atoms with E-state index in [0.29, 0.717) is 19.6 Å². The Balaban J connectivity index is 2.10. The number of rotatable bonds is 3. The second kappa shape index (κ2) is 4.58. The molecule has 4 heteroatoms. The van der Waals surface area contributed by atoms with Gasteiger partial charge in [-0.25, -0.2) is 0 Å². The van der Waals surface area contributed by atoms with Crippen LogP contribution in [-0.2, 0) is 6.54 Å². The summed E-state index contributed by atoms with van der Waals surface area (Å²) in [4.78, 5) is 4.52. The molecular weight excluding hydrogens is 267 g/mol. The van der Waals surface area contributed by atoms with Crippen LogP contribution in [0.1, 0.15) is 12.0 Å². The molecule has 3 heterocycles. The number of benzene rings is 1. The summed E-state index contributed by atoms with van der Waals surface area (Å²) in [5.74, 6) is 0.861. The molecule has 21 heavy (non-hydrogen) atoms. The smallest absolute Gasteiger partial charge is 0.139 e. The average molecular weight is 282 g/mol. The summed E-state index contributed by atoms with van der Waals surface area (Å²) in [5.41, 5.74) is 5.03. The van der Waals surface area contributed by atoms with Crippen molar-refractivity contribution in [2.24, 2.45) is 0 Å². The van der Waals surface area contributed by atoms with E-state index in [9.17, 15) is 4.39 Å². The Labute approximate surface area is 121 Å². The van der Waals surface area contributed by atoms with E-state index in [-0.39, 0.29) is 6.67 Å². The second-order valence-corrected chi connectivity index (χ2v) is 5.29. The molecule has 4 rings (SSSR count). The molecule has 0 radical (unpaired) electrons. The molecule has 0 saturated carbocycles. The highest BCUT2D eigenvalue weighted by atomic mass is 19.1. The van der Waals surface area contributed by atoms with E-state index >= 15 is 0 Å². The van der Waals surface area contributed by atoms with Gasteiger partial charge in [0.05, 0.1) is 28.6 Å². The summed E-state index contributed by atoms with van der Waals surface area (Å²) in [6.07, 6.45) is 2.28. The van der Waals surface area contributed by atoms with Gasteiger partial charge >= 0.3 is 0 Å². The molecule has 3 aromatic rings. The van der Waals surface area contributed by atoms with Crippen molar-refractivity contribution in [3.63, 3.8) is 0 Å². The molecule has 0 aliphatic carbocycles. The summed E-state index contributed by atoms with van der Waals surface area (Å²) in [5, 5.41) is 1.01. The van der Waals surface area contributed by atoms with E-state index in [1.54, 1.807) is 6.20 Å². The van der Waals surface area contributed by atoms with Crippen molar-refractivity contribution in [2.75, 3.05) is 13.3 Å². The fourth-order valence-electron chi connectivity index (χ4n) is 3.09. The van der Waals surface area contributed by atoms with Crippen molar-refractivity contribution in [1.82, 2.24) is 9.55 Å². The van der Waals surface area contributed by atoms with E-state index in [1.807, 2.05) is 18.2 Å². The van der Waals surface area contributed by atoms with Crippen LogP contribution in [0.4, 0.5) is 4.39 Å². The molecule has 0 bridgehead atoms. The van der Waals surface area contributed by atoms with Crippen LogP contribution in [0.15, 0.2) is 37.0 Å². The number of nitrogens with zero attached hydrogens (tertiary/aromatic N) is 2. The summed E-state index contributed by atoms with van der Waals surface area (Å²) in [6, 6.07) is 8.04. The van der Waals surface area contributed by atoms with Gasteiger partial charge in [0.2, 0.25) is 0 Å². The molecule has 0 unspecified atom stereocenters. The van der Waals surface area contributed by atoms with Gasteiger partial charge in [0, 0.05) is 18.3 Å². The first-order chi connectivity index (χ1) is 10.3. The molecule has 0 saturated heterocycles. The van der Waals surface area contributed by atoms with Gasteiger partial charge < -0.3 is 9.30 Å². The van der Waals surface area contributed by atoms with E-state index in [1.165, 1.54) is 0 Å². The summed E-state index contributed by atoms with van der Waals surface area (Å²) < 4.78 is 20.5. The van der Waals surface area contributed by atoms with Crippen molar-refractivity contribution < 1.29 is 9.13 Å². The largest absolute Gasteiger partial charge is 0.487 e. The number of alkyl halides is 1. The summed E-state index contributed by atoms with van der Waals surface area (Å²) >= 11 is 0. The van der Waals surface area contributed by atoms with Gasteiger partial charge in [-0.1, -0.05) is 6.58 Å². The minimum absolute atomic E-state index is 0.320. The van der Waals surface area contributed by atoms with Crippen LogP contribution in [0, 0.1) is 0 Å². The molecule has 2 aromatic heterocycles. The molecule has 0 amide bonds. The molecule has 1 aliphatic rings. The standard InChI is InChI=1S/C17H15FN2O/c1-11-10-21-17-12(11)5-6-13-15(17)16-14(4-2-8-19-16)20(13)9-3-7-18/h2,4-6,8H,1,3,7,9-10H2. The summed E-state index contributed by atoms with van der Waals surface area (Å²) in [7, 11) is 0. The molecule has 0 N–H and O–H groups in total. The molecular formula is C17H15FN2O. The predicted molar refractivity (Wildman–Crippen MR) is 82.4 cm³/mol. The lowest BCUT2D eigenvalue weighted by Crippen LogP contribution is -1.98. The third kappa shape index (κ3) is 1.68. The van der Waals surface area contributed by atoms with E-state index in [2.05, 4.69) is 22.2 Å². The minimum atomic E-state index is -0.320. The fraction of sp³-hybridized carbons (Fsp3) is 0.235. The number of pyridine rings is 1. The maximum Gasteiger partial charge on any atom is 0.139 e. The van der Waals surface area contributed by atoms with Crippen LogP contribution in [-0.4, -0.2) is 22.8 Å². The van der Waals surface area contributed by atoms with Crippen molar-refractivity contribution in [2.45, 2.75) is 13.0 Å². The number of aryl methyl sites for hydroxylation is 1. The lowest BCUT2D eigenvalue weighted by Gasteiger charge is -2.06. The highest BCUT2D eigenvalue weighted by Crippen LogP contribution is 2.42. The molecule has 1 aliphatic heterocycles. The average Bonchev–Trinajstić information content (AvgIpc) is 3.04. The zero-order valence-electron chi connectivity index (χ0n) is 11.6. The Kier molecular flexibility index (Phi) is 2.70. The first kappa shape index (κ1) is 12.4. The topological polar surface area (TPSA) is 27.1 Å². The van der Waals surface area contributed by atoms with Gasteiger partial charge in [0.25, 0.3) is 0 Å². The Bertz CT molecular complexity index is 866. The predicted octanol–water partition coefficient (Wildman–Crippen LogP) is 3.95. The number of hydrogen-bond donors (Lipinski definition) is 0. The van der Waals surface area contributed by atoms with Gasteiger partial charge in [0.1, 0.15) is 12.4 Å². The quantitative estimate of drug-likeness (QED) is 0.727. The maximum absolute atomic E-state index is 12.6. The van der Waals surface area contributed by atoms with Crippen molar-refractivity contribution >= 4 is 27.5 Å². The Morgan fingerprint density at radius 1 is 1.29 bits per heavy atom. The van der Waals surface area contributed by atoms with Gasteiger partial charge in [-0.2, -0.15) is 0 Å². The van der Waals surface area contributed by atoms with E-state index in [0.717, 1.165) is 38.8 Å². The van der Waals surface area contributed by atoms with Gasteiger partial charge in [-0.3, -0.25) is 9.37 Å². The van der Waals surface area contributed by atoms with Gasteiger partial charge in [0.15, 0.2) is 0 Å². The number of fused-ring (bicyclic) bond motifs is 5. The molecule has 0 fully saturated rings. The highest BCUT2D eigenvalue weighted by molar-refractivity contribution is 6.11. The van der Waals surface area contributed by atoms with Crippen LogP contribution < -0.4 is 4.74 Å². The highest BCUT2D eigenvalue weighted by Gasteiger charge is 2.23. The molecule has 106 valence electrons. The van der Waals surface area contributed by atoms with Crippen LogP contribution >= 0.6 is 0 Å². The number of aromatic nitrogens is 2. The van der Waals surface area contributed by atoms with E-state index < -0.39 is 0 Å². The van der Waals surface area contributed by atoms with Crippen LogP contribution in [0.3, 0.4) is 0 Å². The fourth-order valence-corrected chi connectivity index (χ4v) is 3.09. The van der Waals surface area contributed by atoms with Gasteiger partial charge in [-0.15, -0.1) is 0 Å². The Morgan fingerprint density at radius 2 is 2.19 bits per heavy atom. The van der Waals surface area contributed by atoms with E-state index in [4.69, 9.17) is 4.74 Å². The maximum atomic E-state index is 12.6. The first-order valence-corrected chi connectivity index (χ1v) is 7.08. The molecule has 0 atom stereocenters. The van der Waals surface area contributed by atoms with Crippen LogP contribution in [0.5, 0.6) is 5.75 Å². The Morgan fingerprint density at radius 3 is 3.05 bits per heavy atom. The van der Waals surface area contributed by atoms with Crippen molar-refractivity contribution in [3.8, 4) is 5.75 Å². The zero-order valence-corrected chi connectivity index (χ0v) is 11.6. The third-order valence-corrected chi connectivity index (χ3v) is 4.03. The lowest BCUT2D eigenvalue weighted by molar-refractivity contribution is 0.393. The van der Waals surface area contributed by atoms with Crippen LogP contribution in [0.25, 0.3) is 27.5 Å². The van der Waals surface area contributed by atoms with Gasteiger partial charge in [-0.05, 0) is 36.3 Å². The minimum Gasteiger partial charge on any atom is -0.487 e. The monoisotopic (exact) mass is 282 g/mol. The number of halogens is 1. The molecule has 3 nitrogen and oxygen atoms in total. The summed E-state index contributed by atoms with van der Waals surface area (Å²) in [6.45, 7) is 4.88. The lowest BCUT2D eigenvalue weighted by atomic mass is 10.1. The number of ether oxygens (including phenoxy) is 1. The van der Waals surface area contributed by atoms with Crippen molar-refractivity contribution in [3.05, 3.63) is 42.6 Å². The van der Waals surface area contributed by atoms with Crippen molar-refractivity contribution in [1.29, 1.82) is 0 Å².